The van der Waals surface area contributed by atoms with Crippen molar-refractivity contribution in [2.75, 3.05) is 38.0 Å². The summed E-state index contributed by atoms with van der Waals surface area (Å²) in [5.41, 5.74) is 3.28. The van der Waals surface area contributed by atoms with Crippen molar-refractivity contribution < 1.29 is 39.4 Å². The molecule has 0 aliphatic heterocycles. The lowest BCUT2D eigenvalue weighted by molar-refractivity contribution is -0.958. The van der Waals surface area contributed by atoms with Crippen molar-refractivity contribution in [1.82, 2.24) is 0 Å². The number of amides is 1. The van der Waals surface area contributed by atoms with E-state index in [1.807, 2.05) is 37.3 Å². The van der Waals surface area contributed by atoms with Crippen LogP contribution in [0.1, 0.15) is 25.0 Å². The second kappa shape index (κ2) is 14.4. The van der Waals surface area contributed by atoms with Crippen molar-refractivity contribution in [2.45, 2.75) is 27.3 Å². The van der Waals surface area contributed by atoms with Gasteiger partial charge in [0.2, 0.25) is 0 Å². The number of para-hydroxylation sites is 1. The maximum absolute atomic E-state index is 12.6. The van der Waals surface area contributed by atoms with E-state index in [1.54, 1.807) is 4.90 Å². The van der Waals surface area contributed by atoms with Gasteiger partial charge in [0, 0.05) is 11.3 Å². The van der Waals surface area contributed by atoms with Crippen LogP contribution in [0.25, 0.3) is 0 Å². The average Bonchev–Trinajstić information content (AvgIpc) is 2.65. The van der Waals surface area contributed by atoms with Gasteiger partial charge in [-0.25, -0.2) is 0 Å². The lowest BCUT2D eigenvalue weighted by Gasteiger charge is -2.22. The number of anilines is 1. The quantitative estimate of drug-likeness (QED) is 0.350. The number of benzene rings is 2. The highest BCUT2D eigenvalue weighted by Gasteiger charge is 2.18. The lowest BCUT2D eigenvalue weighted by atomic mass is 10.2. The Kier molecular flexibility index (Phi) is 13.6. The van der Waals surface area contributed by atoms with Crippen LogP contribution in [0, 0.1) is 6.92 Å². The molecule has 6 heteroatoms. The molecule has 0 bridgehead atoms. The first-order valence-electron chi connectivity index (χ1n) is 9.68. The Bertz CT molecular complexity index is 678. The van der Waals surface area contributed by atoms with Gasteiger partial charge in [0.25, 0.3) is 5.91 Å². The van der Waals surface area contributed by atoms with Crippen molar-refractivity contribution in [3.63, 3.8) is 0 Å². The molecule has 0 saturated heterocycles. The number of hydrogen-bond donors (Lipinski definition) is 3. The van der Waals surface area contributed by atoms with Gasteiger partial charge in [0.05, 0.1) is 13.1 Å². The molecule has 1 amide bonds. The number of hydrogen-bond acceptors (Lipinski definition) is 1. The van der Waals surface area contributed by atoms with Crippen LogP contribution in [0.5, 0.6) is 0 Å². The molecule has 0 fully saturated rings. The first-order chi connectivity index (χ1) is 12.6. The van der Waals surface area contributed by atoms with Crippen LogP contribution in [-0.2, 0) is 11.3 Å². The van der Waals surface area contributed by atoms with Gasteiger partial charge < -0.3 is 39.9 Å². The Morgan fingerprint density at radius 1 is 0.857 bits per heavy atom. The molecule has 0 aromatic heterocycles. The molecule has 1 unspecified atom stereocenters. The van der Waals surface area contributed by atoms with E-state index in [9.17, 15) is 4.79 Å². The summed E-state index contributed by atoms with van der Waals surface area (Å²) in [6.45, 7) is 12.2. The number of halogens is 2. The maximum Gasteiger partial charge on any atom is 0.279 e. The second-order valence-corrected chi connectivity index (χ2v) is 6.91. The smallest absolute Gasteiger partial charge is 0.279 e. The largest absolute Gasteiger partial charge is 1.00 e. The normalized spacial score (nSPS) is 11.3. The Morgan fingerprint density at radius 3 is 2.04 bits per heavy atom. The SMILES string of the molecule is CC[NH+](CC)CC[NH+](CC(=O)Nc1ccccc1C)Cc1ccccc1.[Cl-].[Cl-]. The Hall–Kier alpha value is -1.59. The molecule has 1 atom stereocenters. The molecular formula is C22H33Cl2N3O. The van der Waals surface area contributed by atoms with Gasteiger partial charge in [-0.05, 0) is 32.4 Å². The third kappa shape index (κ3) is 9.07. The molecule has 0 aliphatic rings. The highest BCUT2D eigenvalue weighted by molar-refractivity contribution is 5.92. The summed E-state index contributed by atoms with van der Waals surface area (Å²) in [5, 5.41) is 3.08. The summed E-state index contributed by atoms with van der Waals surface area (Å²) in [7, 11) is 0. The van der Waals surface area contributed by atoms with Crippen LogP contribution in [0.2, 0.25) is 0 Å². The van der Waals surface area contributed by atoms with Crippen LogP contribution in [0.4, 0.5) is 5.69 Å². The van der Waals surface area contributed by atoms with E-state index >= 15 is 0 Å². The zero-order valence-electron chi connectivity index (χ0n) is 17.1. The minimum atomic E-state index is 0. The number of quaternary nitrogens is 2. The van der Waals surface area contributed by atoms with Gasteiger partial charge in [0.15, 0.2) is 6.54 Å². The molecule has 0 heterocycles. The van der Waals surface area contributed by atoms with Crippen LogP contribution < -0.4 is 39.9 Å². The Balaban J connectivity index is 0.00000364. The predicted molar refractivity (Wildman–Crippen MR) is 108 cm³/mol. The van der Waals surface area contributed by atoms with Gasteiger partial charge in [0.1, 0.15) is 19.6 Å². The topological polar surface area (TPSA) is 38.0 Å². The van der Waals surface area contributed by atoms with E-state index < -0.39 is 0 Å². The van der Waals surface area contributed by atoms with Crippen LogP contribution in [0.3, 0.4) is 0 Å². The number of carbonyl (C=O) groups excluding carboxylic acids is 1. The van der Waals surface area contributed by atoms with E-state index in [0.717, 1.165) is 44.0 Å². The zero-order valence-corrected chi connectivity index (χ0v) is 18.6. The van der Waals surface area contributed by atoms with Crippen LogP contribution >= 0.6 is 0 Å². The third-order valence-corrected chi connectivity index (χ3v) is 4.96. The van der Waals surface area contributed by atoms with Crippen LogP contribution in [-0.4, -0.2) is 38.6 Å². The first kappa shape index (κ1) is 26.4. The van der Waals surface area contributed by atoms with Crippen LogP contribution in [0.15, 0.2) is 54.6 Å². The fourth-order valence-electron chi connectivity index (χ4n) is 3.22. The van der Waals surface area contributed by atoms with E-state index in [-0.39, 0.29) is 30.7 Å². The molecule has 2 aromatic carbocycles. The summed E-state index contributed by atoms with van der Waals surface area (Å²) < 4.78 is 0. The second-order valence-electron chi connectivity index (χ2n) is 6.91. The van der Waals surface area contributed by atoms with E-state index in [0.29, 0.717) is 6.54 Å². The number of nitrogens with one attached hydrogen (secondary N) is 3. The maximum atomic E-state index is 12.6. The molecular weight excluding hydrogens is 393 g/mol. The molecule has 0 saturated carbocycles. The summed E-state index contributed by atoms with van der Waals surface area (Å²) in [6, 6.07) is 18.4. The van der Waals surface area contributed by atoms with E-state index in [4.69, 9.17) is 0 Å². The number of aryl methyl sites for hydroxylation is 1. The summed E-state index contributed by atoms with van der Waals surface area (Å²) >= 11 is 0. The molecule has 156 valence electrons. The van der Waals surface area contributed by atoms with Crippen molar-refractivity contribution in [2.24, 2.45) is 0 Å². The number of rotatable bonds is 10. The van der Waals surface area contributed by atoms with Crippen molar-refractivity contribution in [3.8, 4) is 0 Å². The highest BCUT2D eigenvalue weighted by Crippen LogP contribution is 2.12. The summed E-state index contributed by atoms with van der Waals surface area (Å²) in [5.74, 6) is 0.0831. The van der Waals surface area contributed by atoms with E-state index in [1.165, 1.54) is 10.5 Å². The fourth-order valence-corrected chi connectivity index (χ4v) is 3.22. The molecule has 3 N–H and O–H groups in total. The average molecular weight is 426 g/mol. The minimum absolute atomic E-state index is 0. The standard InChI is InChI=1S/C22H31N3O.2ClH/c1-4-24(5-2)15-16-25(17-20-12-7-6-8-13-20)18-22(26)23-21-14-10-9-11-19(21)3;;/h6-14H,4-5,15-18H2,1-3H3,(H,23,26);2*1H. The van der Waals surface area contributed by atoms with Crippen molar-refractivity contribution in [1.29, 1.82) is 0 Å². The molecule has 4 nitrogen and oxygen atoms in total. The number of carbonyl (C=O) groups is 1. The van der Waals surface area contributed by atoms with Gasteiger partial charge in [-0.2, -0.15) is 0 Å². The fraction of sp³-hybridized carbons (Fsp3) is 0.409. The summed E-state index contributed by atoms with van der Waals surface area (Å²) in [6.07, 6.45) is 0. The Morgan fingerprint density at radius 2 is 1.43 bits per heavy atom. The van der Waals surface area contributed by atoms with Gasteiger partial charge in [-0.1, -0.05) is 48.5 Å². The summed E-state index contributed by atoms with van der Waals surface area (Å²) in [4.78, 5) is 15.5. The molecule has 0 radical (unpaired) electrons. The Labute approximate surface area is 182 Å². The molecule has 2 rings (SSSR count). The zero-order chi connectivity index (χ0) is 18.8. The highest BCUT2D eigenvalue weighted by atomic mass is 35.5. The van der Waals surface area contributed by atoms with Gasteiger partial charge in [-0.3, -0.25) is 4.79 Å². The molecule has 2 aromatic rings. The van der Waals surface area contributed by atoms with Gasteiger partial charge >= 0.3 is 0 Å². The molecule has 0 spiro atoms. The number of likely N-dealkylation sites (N-methyl/N-ethyl adjacent to an activating group) is 1. The van der Waals surface area contributed by atoms with Crippen molar-refractivity contribution in [3.05, 3.63) is 65.7 Å². The van der Waals surface area contributed by atoms with E-state index in [2.05, 4.69) is 43.4 Å². The monoisotopic (exact) mass is 425 g/mol. The van der Waals surface area contributed by atoms with Crippen molar-refractivity contribution >= 4 is 11.6 Å². The van der Waals surface area contributed by atoms with Gasteiger partial charge in [-0.15, -0.1) is 0 Å². The molecule has 28 heavy (non-hydrogen) atoms. The lowest BCUT2D eigenvalue weighted by Crippen LogP contribution is -3.20. The third-order valence-electron chi connectivity index (χ3n) is 4.96. The minimum Gasteiger partial charge on any atom is -1.00 e. The first-order valence-corrected chi connectivity index (χ1v) is 9.68. The molecule has 0 aliphatic carbocycles. The predicted octanol–water partition coefficient (Wildman–Crippen LogP) is -5.05.